The van der Waals surface area contributed by atoms with E-state index in [0.717, 1.165) is 34.2 Å². The number of aryl methyl sites for hydroxylation is 2. The smallest absolute Gasteiger partial charge is 0.150 e. The number of halogens is 1. The largest absolute Gasteiger partial charge is 0.394 e. The van der Waals surface area contributed by atoms with Crippen molar-refractivity contribution in [1.82, 2.24) is 9.78 Å². The van der Waals surface area contributed by atoms with Crippen LogP contribution in [0.2, 0.25) is 5.02 Å². The second kappa shape index (κ2) is 5.53. The molecule has 0 spiro atoms. The number of nitrogens with two attached hydrogens (primary N) is 1. The minimum atomic E-state index is 0.701. The molecule has 5 heteroatoms. The van der Waals surface area contributed by atoms with Gasteiger partial charge in [0.1, 0.15) is 5.82 Å². The molecule has 0 aliphatic rings. The van der Waals surface area contributed by atoms with Crippen molar-refractivity contribution in [1.29, 1.82) is 0 Å². The Morgan fingerprint density at radius 2 is 2.05 bits per heavy atom. The molecule has 2 aromatic rings. The van der Waals surface area contributed by atoms with E-state index >= 15 is 0 Å². The summed E-state index contributed by atoms with van der Waals surface area (Å²) in [7, 11) is 3.91. The van der Waals surface area contributed by atoms with Crippen molar-refractivity contribution in [3.63, 3.8) is 0 Å². The van der Waals surface area contributed by atoms with Crippen LogP contribution in [0.25, 0.3) is 0 Å². The van der Waals surface area contributed by atoms with E-state index in [9.17, 15) is 0 Å². The summed E-state index contributed by atoms with van der Waals surface area (Å²) >= 11 is 6.19. The molecule has 2 rings (SSSR count). The quantitative estimate of drug-likeness (QED) is 0.935. The van der Waals surface area contributed by atoms with Gasteiger partial charge < -0.3 is 10.6 Å². The Morgan fingerprint density at radius 3 is 2.63 bits per heavy atom. The number of hydrogen-bond donors (Lipinski definition) is 1. The summed E-state index contributed by atoms with van der Waals surface area (Å²) in [6.07, 6.45) is 0.833. The molecule has 0 saturated heterocycles. The standard InChI is InChI=1S/C14H19ClN4/c1-4-12-13(16)14(19(3)17-12)18(2)9-10-7-5-6-8-11(10)15/h5-8H,4,9,16H2,1-3H3. The van der Waals surface area contributed by atoms with E-state index in [1.54, 1.807) is 0 Å². The van der Waals surface area contributed by atoms with Crippen LogP contribution in [0.1, 0.15) is 18.2 Å². The van der Waals surface area contributed by atoms with Crippen LogP contribution in [0, 0.1) is 0 Å². The Kier molecular flexibility index (Phi) is 4.00. The minimum Gasteiger partial charge on any atom is -0.394 e. The Labute approximate surface area is 118 Å². The lowest BCUT2D eigenvalue weighted by Crippen LogP contribution is -2.20. The molecule has 102 valence electrons. The fourth-order valence-corrected chi connectivity index (χ4v) is 2.45. The minimum absolute atomic E-state index is 0.701. The molecule has 4 nitrogen and oxygen atoms in total. The summed E-state index contributed by atoms with van der Waals surface area (Å²) in [5, 5.41) is 5.20. The van der Waals surface area contributed by atoms with Crippen molar-refractivity contribution in [2.75, 3.05) is 17.7 Å². The summed E-state index contributed by atoms with van der Waals surface area (Å²) in [6, 6.07) is 7.83. The van der Waals surface area contributed by atoms with Gasteiger partial charge in [0.05, 0.1) is 11.4 Å². The summed E-state index contributed by atoms with van der Waals surface area (Å²) < 4.78 is 1.82. The second-order valence-corrected chi connectivity index (χ2v) is 5.02. The van der Waals surface area contributed by atoms with Crippen molar-refractivity contribution in [3.8, 4) is 0 Å². The number of anilines is 2. The van der Waals surface area contributed by atoms with Crippen LogP contribution in [-0.2, 0) is 20.0 Å². The first-order valence-electron chi connectivity index (χ1n) is 6.30. The highest BCUT2D eigenvalue weighted by atomic mass is 35.5. The van der Waals surface area contributed by atoms with Gasteiger partial charge >= 0.3 is 0 Å². The molecule has 0 bridgehead atoms. The number of benzene rings is 1. The molecule has 19 heavy (non-hydrogen) atoms. The van der Waals surface area contributed by atoms with Crippen LogP contribution in [0.4, 0.5) is 11.5 Å². The lowest BCUT2D eigenvalue weighted by atomic mass is 10.2. The van der Waals surface area contributed by atoms with E-state index in [-0.39, 0.29) is 0 Å². The normalized spacial score (nSPS) is 10.7. The van der Waals surface area contributed by atoms with E-state index < -0.39 is 0 Å². The highest BCUT2D eigenvalue weighted by molar-refractivity contribution is 6.31. The van der Waals surface area contributed by atoms with Gasteiger partial charge in [0.2, 0.25) is 0 Å². The van der Waals surface area contributed by atoms with Gasteiger partial charge in [0, 0.05) is 25.7 Å². The van der Waals surface area contributed by atoms with Crippen LogP contribution < -0.4 is 10.6 Å². The van der Waals surface area contributed by atoms with Crippen LogP contribution in [0.3, 0.4) is 0 Å². The molecular formula is C14H19ClN4. The van der Waals surface area contributed by atoms with Crippen molar-refractivity contribution in [2.24, 2.45) is 7.05 Å². The van der Waals surface area contributed by atoms with Crippen LogP contribution >= 0.6 is 11.6 Å². The zero-order valence-electron chi connectivity index (χ0n) is 11.5. The molecule has 2 N–H and O–H groups in total. The topological polar surface area (TPSA) is 47.1 Å². The molecule has 0 saturated carbocycles. The third-order valence-electron chi connectivity index (χ3n) is 3.19. The fourth-order valence-electron chi connectivity index (χ4n) is 2.26. The SMILES string of the molecule is CCc1nn(C)c(N(C)Cc2ccccc2Cl)c1N. The molecule has 0 aliphatic carbocycles. The molecule has 0 atom stereocenters. The monoisotopic (exact) mass is 278 g/mol. The number of nitrogens with zero attached hydrogens (tertiary/aromatic N) is 3. The first-order valence-corrected chi connectivity index (χ1v) is 6.68. The van der Waals surface area contributed by atoms with Gasteiger partial charge in [-0.05, 0) is 18.1 Å². The third kappa shape index (κ3) is 2.68. The van der Waals surface area contributed by atoms with Crippen molar-refractivity contribution in [2.45, 2.75) is 19.9 Å². The molecule has 1 aromatic heterocycles. The van der Waals surface area contributed by atoms with Gasteiger partial charge in [-0.3, -0.25) is 4.68 Å². The summed E-state index contributed by atoms with van der Waals surface area (Å²) in [6.45, 7) is 2.75. The lowest BCUT2D eigenvalue weighted by molar-refractivity contribution is 0.720. The molecule has 0 amide bonds. The van der Waals surface area contributed by atoms with E-state index in [4.69, 9.17) is 17.3 Å². The molecule has 0 fully saturated rings. The summed E-state index contributed by atoms with van der Waals surface area (Å²) in [5.41, 5.74) is 8.91. The summed E-state index contributed by atoms with van der Waals surface area (Å²) in [4.78, 5) is 2.07. The second-order valence-electron chi connectivity index (χ2n) is 4.61. The lowest BCUT2D eigenvalue weighted by Gasteiger charge is -2.20. The van der Waals surface area contributed by atoms with Crippen molar-refractivity contribution < 1.29 is 0 Å². The Balaban J connectivity index is 2.28. The third-order valence-corrected chi connectivity index (χ3v) is 3.56. The number of hydrogen-bond acceptors (Lipinski definition) is 3. The zero-order chi connectivity index (χ0) is 14.0. The van der Waals surface area contributed by atoms with Crippen LogP contribution in [0.5, 0.6) is 0 Å². The maximum atomic E-state index is 6.19. The maximum Gasteiger partial charge on any atom is 0.150 e. The van der Waals surface area contributed by atoms with Gasteiger partial charge in [-0.25, -0.2) is 0 Å². The highest BCUT2D eigenvalue weighted by Crippen LogP contribution is 2.27. The maximum absolute atomic E-state index is 6.19. The number of nitrogen functional groups attached to an aromatic ring is 1. The zero-order valence-corrected chi connectivity index (χ0v) is 12.3. The van der Waals surface area contributed by atoms with E-state index in [2.05, 4.69) is 16.9 Å². The first-order chi connectivity index (χ1) is 9.04. The molecule has 1 aromatic carbocycles. The average molecular weight is 279 g/mol. The van der Waals surface area contributed by atoms with E-state index in [1.807, 2.05) is 43.0 Å². The number of rotatable bonds is 4. The number of aromatic nitrogens is 2. The van der Waals surface area contributed by atoms with Crippen LogP contribution in [-0.4, -0.2) is 16.8 Å². The van der Waals surface area contributed by atoms with Gasteiger partial charge in [-0.1, -0.05) is 36.7 Å². The van der Waals surface area contributed by atoms with E-state index in [1.165, 1.54) is 0 Å². The van der Waals surface area contributed by atoms with Gasteiger partial charge in [0.15, 0.2) is 0 Å². The van der Waals surface area contributed by atoms with Gasteiger partial charge in [0.25, 0.3) is 0 Å². The van der Waals surface area contributed by atoms with Gasteiger partial charge in [-0.15, -0.1) is 0 Å². The van der Waals surface area contributed by atoms with E-state index in [0.29, 0.717) is 6.54 Å². The Morgan fingerprint density at radius 1 is 1.37 bits per heavy atom. The van der Waals surface area contributed by atoms with Crippen molar-refractivity contribution in [3.05, 3.63) is 40.5 Å². The fraction of sp³-hybridized carbons (Fsp3) is 0.357. The Bertz CT molecular complexity index is 577. The summed E-state index contributed by atoms with van der Waals surface area (Å²) in [5.74, 6) is 0.928. The molecule has 1 heterocycles. The Hall–Kier alpha value is -1.68. The predicted molar refractivity (Wildman–Crippen MR) is 80.6 cm³/mol. The predicted octanol–water partition coefficient (Wildman–Crippen LogP) is 2.85. The van der Waals surface area contributed by atoms with Crippen LogP contribution in [0.15, 0.2) is 24.3 Å². The van der Waals surface area contributed by atoms with Gasteiger partial charge in [-0.2, -0.15) is 5.10 Å². The van der Waals surface area contributed by atoms with Crippen molar-refractivity contribution >= 4 is 23.1 Å². The highest BCUT2D eigenvalue weighted by Gasteiger charge is 2.16. The molecule has 0 radical (unpaired) electrons. The molecule has 0 aliphatic heterocycles. The molecule has 0 unspecified atom stereocenters. The molecular weight excluding hydrogens is 260 g/mol. The first kappa shape index (κ1) is 13.7. The average Bonchev–Trinajstić information content (AvgIpc) is 2.67.